The van der Waals surface area contributed by atoms with E-state index in [1.165, 1.54) is 29.2 Å². The summed E-state index contributed by atoms with van der Waals surface area (Å²) in [5, 5.41) is 12.1. The highest BCUT2D eigenvalue weighted by Gasteiger charge is 2.23. The number of furan rings is 1. The van der Waals surface area contributed by atoms with Gasteiger partial charge in [0.2, 0.25) is 5.91 Å². The largest absolute Gasteiger partial charge is 0.459 e. The first kappa shape index (κ1) is 21.2. The van der Waals surface area contributed by atoms with Gasteiger partial charge in [-0.3, -0.25) is 9.59 Å². The Morgan fingerprint density at radius 3 is 2.74 bits per heavy atom. The van der Waals surface area contributed by atoms with Crippen molar-refractivity contribution in [2.24, 2.45) is 0 Å². The molecule has 1 aliphatic rings. The van der Waals surface area contributed by atoms with E-state index < -0.39 is 0 Å². The topological polar surface area (TPSA) is 93.3 Å². The molecule has 1 N–H and O–H groups in total. The Labute approximate surface area is 185 Å². The van der Waals surface area contributed by atoms with Crippen LogP contribution in [0.1, 0.15) is 47.4 Å². The third-order valence-corrected chi connectivity index (χ3v) is 6.30. The summed E-state index contributed by atoms with van der Waals surface area (Å²) in [5.41, 5.74) is 2.53. The van der Waals surface area contributed by atoms with Crippen LogP contribution in [0.25, 0.3) is 0 Å². The van der Waals surface area contributed by atoms with Crippen molar-refractivity contribution in [3.05, 3.63) is 65.4 Å². The first-order valence-electron chi connectivity index (χ1n) is 10.3. The minimum absolute atomic E-state index is 0.0888. The molecule has 3 heterocycles. The molecule has 1 atom stereocenters. The van der Waals surface area contributed by atoms with E-state index in [4.69, 9.17) is 4.42 Å². The van der Waals surface area contributed by atoms with Gasteiger partial charge in [0.25, 0.3) is 5.91 Å². The summed E-state index contributed by atoms with van der Waals surface area (Å²) in [6, 6.07) is 11.2. The van der Waals surface area contributed by atoms with Gasteiger partial charge in [-0.2, -0.15) is 0 Å². The highest BCUT2D eigenvalue weighted by Crippen LogP contribution is 2.23. The number of hydrogen-bond donors (Lipinski definition) is 1. The quantitative estimate of drug-likeness (QED) is 0.569. The van der Waals surface area contributed by atoms with E-state index in [-0.39, 0.29) is 23.6 Å². The Morgan fingerprint density at radius 2 is 2.00 bits per heavy atom. The van der Waals surface area contributed by atoms with Crippen molar-refractivity contribution in [2.45, 2.75) is 44.6 Å². The summed E-state index contributed by atoms with van der Waals surface area (Å²) in [6.07, 6.45) is 2.34. The third-order valence-electron chi connectivity index (χ3n) is 5.35. The monoisotopic (exact) mass is 439 g/mol. The highest BCUT2D eigenvalue weighted by molar-refractivity contribution is 7.99. The predicted molar refractivity (Wildman–Crippen MR) is 117 cm³/mol. The summed E-state index contributed by atoms with van der Waals surface area (Å²) in [7, 11) is 0. The lowest BCUT2D eigenvalue weighted by molar-refractivity contribution is -0.129. The van der Waals surface area contributed by atoms with Gasteiger partial charge in [0.15, 0.2) is 16.7 Å². The molecule has 0 spiro atoms. The van der Waals surface area contributed by atoms with Crippen molar-refractivity contribution in [2.75, 3.05) is 12.3 Å². The van der Waals surface area contributed by atoms with Crippen LogP contribution in [0.5, 0.6) is 0 Å². The molecule has 8 nitrogen and oxygen atoms in total. The number of nitrogens with zero attached hydrogens (tertiary/aromatic N) is 4. The lowest BCUT2D eigenvalue weighted by Crippen LogP contribution is -2.37. The Bertz CT molecular complexity index is 1060. The fourth-order valence-corrected chi connectivity index (χ4v) is 4.60. The number of hydrogen-bond acceptors (Lipinski definition) is 6. The number of carbonyl (C=O) groups excluding carboxylic acids is 2. The Kier molecular flexibility index (Phi) is 6.41. The number of fused-ring (bicyclic) bond motifs is 1. The standard InChI is InChI=1S/C22H25N5O3S/c1-3-27-20(15(2)23-21(29)18-9-6-12-30-18)24-25-22(27)31-14-19(28)26-11-10-16-7-4-5-8-17(16)13-26/h4-9,12,15H,3,10-11,13-14H2,1-2H3,(H,23,29)/t15-/m1/s1. The van der Waals surface area contributed by atoms with Crippen LogP contribution in [0, 0.1) is 0 Å². The Morgan fingerprint density at radius 1 is 1.19 bits per heavy atom. The second-order valence-corrected chi connectivity index (χ2v) is 8.32. The van der Waals surface area contributed by atoms with Crippen molar-refractivity contribution in [3.63, 3.8) is 0 Å². The fourth-order valence-electron chi connectivity index (χ4n) is 3.69. The van der Waals surface area contributed by atoms with Gasteiger partial charge in [-0.05, 0) is 43.5 Å². The maximum atomic E-state index is 12.8. The minimum atomic E-state index is -0.353. The van der Waals surface area contributed by atoms with Crippen molar-refractivity contribution in [1.29, 1.82) is 0 Å². The summed E-state index contributed by atoms with van der Waals surface area (Å²) >= 11 is 1.38. The first-order valence-corrected chi connectivity index (χ1v) is 11.3. The highest BCUT2D eigenvalue weighted by atomic mass is 32.2. The van der Waals surface area contributed by atoms with Gasteiger partial charge < -0.3 is 19.2 Å². The van der Waals surface area contributed by atoms with E-state index in [0.717, 1.165) is 13.0 Å². The lowest BCUT2D eigenvalue weighted by atomic mass is 10.00. The number of amides is 2. The molecule has 162 valence electrons. The van der Waals surface area contributed by atoms with Crippen LogP contribution in [0.15, 0.2) is 52.2 Å². The zero-order valence-corrected chi connectivity index (χ0v) is 18.4. The SMILES string of the molecule is CCn1c(SCC(=O)N2CCc3ccccc3C2)nnc1[C@@H](C)NC(=O)c1ccco1. The molecule has 3 aromatic rings. The van der Waals surface area contributed by atoms with Gasteiger partial charge in [-0.15, -0.1) is 10.2 Å². The first-order chi connectivity index (χ1) is 15.1. The number of aromatic nitrogens is 3. The number of benzene rings is 1. The summed E-state index contributed by atoms with van der Waals surface area (Å²) in [6.45, 7) is 5.86. The van der Waals surface area contributed by atoms with Crippen LogP contribution in [0.2, 0.25) is 0 Å². The van der Waals surface area contributed by atoms with Gasteiger partial charge in [-0.25, -0.2) is 0 Å². The second kappa shape index (κ2) is 9.38. The summed E-state index contributed by atoms with van der Waals surface area (Å²) in [4.78, 5) is 26.9. The molecule has 1 aliphatic heterocycles. The van der Waals surface area contributed by atoms with Crippen LogP contribution in [0.3, 0.4) is 0 Å². The second-order valence-electron chi connectivity index (χ2n) is 7.38. The van der Waals surface area contributed by atoms with Crippen LogP contribution in [-0.4, -0.2) is 43.8 Å². The summed E-state index contributed by atoms with van der Waals surface area (Å²) < 4.78 is 7.06. The molecule has 0 fully saturated rings. The van der Waals surface area contributed by atoms with E-state index in [0.29, 0.717) is 29.8 Å². The van der Waals surface area contributed by atoms with E-state index in [1.54, 1.807) is 12.1 Å². The Hall–Kier alpha value is -3.07. The molecule has 0 saturated carbocycles. The summed E-state index contributed by atoms with van der Waals surface area (Å²) in [5.74, 6) is 0.971. The number of carbonyl (C=O) groups is 2. The normalized spacial score (nSPS) is 14.2. The third kappa shape index (κ3) is 4.66. The molecule has 0 radical (unpaired) electrons. The average Bonchev–Trinajstić information content (AvgIpc) is 3.47. The molecule has 31 heavy (non-hydrogen) atoms. The van der Waals surface area contributed by atoms with Crippen molar-refractivity contribution < 1.29 is 14.0 Å². The van der Waals surface area contributed by atoms with E-state index >= 15 is 0 Å². The fraction of sp³-hybridized carbons (Fsp3) is 0.364. The number of thioether (sulfide) groups is 1. The predicted octanol–water partition coefficient (Wildman–Crippen LogP) is 3.06. The van der Waals surface area contributed by atoms with Gasteiger partial charge in [0.05, 0.1) is 18.1 Å². The van der Waals surface area contributed by atoms with Crippen LogP contribution in [0.4, 0.5) is 0 Å². The van der Waals surface area contributed by atoms with E-state index in [9.17, 15) is 9.59 Å². The lowest BCUT2D eigenvalue weighted by Gasteiger charge is -2.28. The van der Waals surface area contributed by atoms with E-state index in [2.05, 4.69) is 27.6 Å². The molecule has 2 amide bonds. The Balaban J connectivity index is 1.37. The molecule has 4 rings (SSSR count). The van der Waals surface area contributed by atoms with Gasteiger partial charge >= 0.3 is 0 Å². The molecule has 1 aromatic carbocycles. The molecule has 0 aliphatic carbocycles. The zero-order valence-electron chi connectivity index (χ0n) is 17.6. The van der Waals surface area contributed by atoms with Crippen LogP contribution >= 0.6 is 11.8 Å². The van der Waals surface area contributed by atoms with Crippen molar-refractivity contribution in [3.8, 4) is 0 Å². The smallest absolute Gasteiger partial charge is 0.287 e. The van der Waals surface area contributed by atoms with Crippen molar-refractivity contribution in [1.82, 2.24) is 25.0 Å². The molecule has 0 bridgehead atoms. The van der Waals surface area contributed by atoms with Crippen LogP contribution in [-0.2, 0) is 24.3 Å². The zero-order chi connectivity index (χ0) is 21.8. The average molecular weight is 440 g/mol. The maximum Gasteiger partial charge on any atom is 0.287 e. The van der Waals surface area contributed by atoms with Gasteiger partial charge in [-0.1, -0.05) is 36.0 Å². The van der Waals surface area contributed by atoms with Gasteiger partial charge in [0.1, 0.15) is 0 Å². The minimum Gasteiger partial charge on any atom is -0.459 e. The molecule has 0 saturated heterocycles. The van der Waals surface area contributed by atoms with Crippen LogP contribution < -0.4 is 5.32 Å². The number of rotatable bonds is 7. The number of nitrogens with one attached hydrogen (secondary N) is 1. The van der Waals surface area contributed by atoms with Crippen molar-refractivity contribution >= 4 is 23.6 Å². The van der Waals surface area contributed by atoms with Gasteiger partial charge in [0, 0.05) is 19.6 Å². The van der Waals surface area contributed by atoms with E-state index in [1.807, 2.05) is 35.4 Å². The maximum absolute atomic E-state index is 12.8. The molecule has 2 aromatic heterocycles. The molecule has 0 unspecified atom stereocenters. The molecular weight excluding hydrogens is 414 g/mol. The molecule has 9 heteroatoms. The molecular formula is C22H25N5O3S.